The zero-order valence-electron chi connectivity index (χ0n) is 15.6. The third-order valence-corrected chi connectivity index (χ3v) is 4.32. The van der Waals surface area contributed by atoms with E-state index < -0.39 is 18.0 Å². The van der Waals surface area contributed by atoms with Crippen molar-refractivity contribution in [3.8, 4) is 22.6 Å². The van der Waals surface area contributed by atoms with Gasteiger partial charge in [-0.2, -0.15) is 4.80 Å². The highest BCUT2D eigenvalue weighted by Gasteiger charge is 2.33. The van der Waals surface area contributed by atoms with E-state index in [4.69, 9.17) is 9.62 Å². The Balaban J connectivity index is 1.52. The number of amides is 1. The molecule has 0 radical (unpaired) electrons. The molecular weight excluding hydrogens is 383 g/mol. The van der Waals surface area contributed by atoms with Gasteiger partial charge in [0.15, 0.2) is 0 Å². The van der Waals surface area contributed by atoms with Gasteiger partial charge in [-0.1, -0.05) is 6.07 Å². The van der Waals surface area contributed by atoms with Crippen LogP contribution in [-0.2, 0) is 21.6 Å². The second kappa shape index (κ2) is 7.89. The van der Waals surface area contributed by atoms with Gasteiger partial charge in [0.1, 0.15) is 24.2 Å². The molecule has 4 rings (SSSR count). The maximum atomic E-state index is 14.8. The van der Waals surface area contributed by atoms with E-state index in [2.05, 4.69) is 25.3 Å². The van der Waals surface area contributed by atoms with Gasteiger partial charge in [-0.25, -0.2) is 19.0 Å². The predicted molar refractivity (Wildman–Crippen MR) is 98.0 cm³/mol. The van der Waals surface area contributed by atoms with Crippen LogP contribution in [0.5, 0.6) is 0 Å². The molecule has 11 heteroatoms. The van der Waals surface area contributed by atoms with Gasteiger partial charge in [0.05, 0.1) is 26.4 Å². The molecule has 0 aliphatic carbocycles. The Hall–Kier alpha value is -3.44. The number of halogens is 1. The number of rotatable bonds is 6. The Morgan fingerprint density at radius 2 is 2.17 bits per heavy atom. The highest BCUT2D eigenvalue weighted by molar-refractivity contribution is 5.90. The molecule has 1 atom stereocenters. The van der Waals surface area contributed by atoms with Gasteiger partial charge in [0, 0.05) is 17.3 Å². The number of benzene rings is 1. The molecule has 0 N–H and O–H groups in total. The number of aryl methyl sites for hydroxylation is 1. The molecular formula is C18H17FN6O4. The minimum absolute atomic E-state index is 0.0952. The maximum Gasteiger partial charge on any atom is 0.414 e. The third kappa shape index (κ3) is 3.91. The first-order valence-corrected chi connectivity index (χ1v) is 8.69. The Bertz CT molecular complexity index is 1030. The molecule has 2 aromatic heterocycles. The fraction of sp³-hybridized carbons (Fsp3) is 0.278. The first kappa shape index (κ1) is 18.9. The smallest absolute Gasteiger partial charge is 0.414 e. The lowest BCUT2D eigenvalue weighted by atomic mass is 10.1. The summed E-state index contributed by atoms with van der Waals surface area (Å²) < 4.78 is 19.9. The molecule has 150 valence electrons. The van der Waals surface area contributed by atoms with Crippen molar-refractivity contribution in [1.29, 1.82) is 0 Å². The average Bonchev–Trinajstić information content (AvgIpc) is 3.32. The Morgan fingerprint density at radius 1 is 1.31 bits per heavy atom. The van der Waals surface area contributed by atoms with Gasteiger partial charge in [-0.05, 0) is 29.5 Å². The van der Waals surface area contributed by atoms with E-state index in [1.165, 1.54) is 29.1 Å². The summed E-state index contributed by atoms with van der Waals surface area (Å²) in [6.07, 6.45) is 0.479. The second-order valence-electron chi connectivity index (χ2n) is 6.27. The zero-order valence-corrected chi connectivity index (χ0v) is 15.6. The van der Waals surface area contributed by atoms with E-state index in [0.29, 0.717) is 28.3 Å². The minimum atomic E-state index is -0.565. The van der Waals surface area contributed by atoms with Gasteiger partial charge < -0.3 is 4.74 Å². The number of ether oxygens (including phenoxy) is 1. The fourth-order valence-corrected chi connectivity index (χ4v) is 2.94. The van der Waals surface area contributed by atoms with Crippen LogP contribution in [0.15, 0.2) is 36.5 Å². The van der Waals surface area contributed by atoms with Gasteiger partial charge in [-0.3, -0.25) is 9.88 Å². The SMILES string of the molecule is COOC[C@H]1CN(c2ccc(-c3ccc(-c4nnn(C)n4)nc3)c(F)c2)C(=O)O1. The summed E-state index contributed by atoms with van der Waals surface area (Å²) in [4.78, 5) is 28.3. The zero-order chi connectivity index (χ0) is 20.4. The molecule has 0 bridgehead atoms. The molecule has 29 heavy (non-hydrogen) atoms. The molecule has 3 heterocycles. The topological polar surface area (TPSA) is 104 Å². The quantitative estimate of drug-likeness (QED) is 0.457. The van der Waals surface area contributed by atoms with Gasteiger partial charge >= 0.3 is 6.09 Å². The standard InChI is InChI=1S/C18H17FN6O4/c1-24-22-17(21-23-24)16-6-3-11(8-20-16)14-5-4-12(7-15(14)19)25-9-13(10-28-27-2)29-18(25)26/h3-8,13H,9-10H2,1-2H3/t13-/m1/s1. The number of carbonyl (C=O) groups is 1. The summed E-state index contributed by atoms with van der Waals surface area (Å²) in [6.45, 7) is 0.334. The van der Waals surface area contributed by atoms with Crippen LogP contribution in [0.1, 0.15) is 0 Å². The molecule has 1 amide bonds. The summed E-state index contributed by atoms with van der Waals surface area (Å²) in [5, 5.41) is 11.7. The first-order chi connectivity index (χ1) is 14.0. The summed E-state index contributed by atoms with van der Waals surface area (Å²) >= 11 is 0. The number of aromatic nitrogens is 5. The average molecular weight is 400 g/mol. The highest BCUT2D eigenvalue weighted by atomic mass is 19.1. The summed E-state index contributed by atoms with van der Waals surface area (Å²) in [7, 11) is 3.03. The molecule has 0 saturated carbocycles. The lowest BCUT2D eigenvalue weighted by Gasteiger charge is -2.14. The van der Waals surface area contributed by atoms with Crippen LogP contribution in [0.4, 0.5) is 14.9 Å². The number of carbonyl (C=O) groups excluding carboxylic acids is 1. The van der Waals surface area contributed by atoms with Crippen molar-refractivity contribution in [2.75, 3.05) is 25.2 Å². The van der Waals surface area contributed by atoms with Crippen molar-refractivity contribution in [3.63, 3.8) is 0 Å². The van der Waals surface area contributed by atoms with E-state index in [1.807, 2.05) is 0 Å². The van der Waals surface area contributed by atoms with Crippen molar-refractivity contribution in [3.05, 3.63) is 42.3 Å². The normalized spacial score (nSPS) is 16.3. The monoisotopic (exact) mass is 400 g/mol. The number of hydrogen-bond acceptors (Lipinski definition) is 8. The Kier molecular flexibility index (Phi) is 5.14. The van der Waals surface area contributed by atoms with Gasteiger partial charge in [0.2, 0.25) is 5.82 Å². The number of cyclic esters (lactones) is 1. The van der Waals surface area contributed by atoms with Crippen LogP contribution < -0.4 is 4.90 Å². The number of anilines is 1. The highest BCUT2D eigenvalue weighted by Crippen LogP contribution is 2.29. The van der Waals surface area contributed by atoms with Gasteiger partial charge in [0.25, 0.3) is 0 Å². The summed E-state index contributed by atoms with van der Waals surface area (Å²) in [6, 6.07) is 7.94. The van der Waals surface area contributed by atoms with Crippen molar-refractivity contribution in [2.45, 2.75) is 6.10 Å². The van der Waals surface area contributed by atoms with E-state index >= 15 is 0 Å². The Labute approximate surface area is 164 Å². The predicted octanol–water partition coefficient (Wildman–Crippen LogP) is 1.98. The van der Waals surface area contributed by atoms with Crippen LogP contribution in [0.3, 0.4) is 0 Å². The number of tetrazole rings is 1. The molecule has 1 saturated heterocycles. The van der Waals surface area contributed by atoms with E-state index in [1.54, 1.807) is 31.3 Å². The third-order valence-electron chi connectivity index (χ3n) is 4.32. The minimum Gasteiger partial charge on any atom is -0.441 e. The van der Waals surface area contributed by atoms with Crippen molar-refractivity contribution < 1.29 is 23.7 Å². The lowest BCUT2D eigenvalue weighted by Crippen LogP contribution is -2.26. The number of nitrogens with zero attached hydrogens (tertiary/aromatic N) is 6. The van der Waals surface area contributed by atoms with Crippen LogP contribution >= 0.6 is 0 Å². The maximum absolute atomic E-state index is 14.8. The van der Waals surface area contributed by atoms with E-state index in [-0.39, 0.29) is 13.2 Å². The second-order valence-corrected chi connectivity index (χ2v) is 6.27. The molecule has 1 aliphatic rings. The molecule has 0 unspecified atom stereocenters. The molecule has 1 aromatic carbocycles. The van der Waals surface area contributed by atoms with Crippen LogP contribution in [0.2, 0.25) is 0 Å². The molecule has 1 fully saturated rings. The van der Waals surface area contributed by atoms with Crippen LogP contribution in [0.25, 0.3) is 22.6 Å². The fourth-order valence-electron chi connectivity index (χ4n) is 2.94. The molecule has 0 spiro atoms. The van der Waals surface area contributed by atoms with E-state index in [9.17, 15) is 9.18 Å². The molecule has 3 aromatic rings. The molecule has 10 nitrogen and oxygen atoms in total. The number of hydrogen-bond donors (Lipinski definition) is 0. The van der Waals surface area contributed by atoms with Crippen molar-refractivity contribution >= 4 is 11.8 Å². The van der Waals surface area contributed by atoms with Crippen molar-refractivity contribution in [1.82, 2.24) is 25.2 Å². The van der Waals surface area contributed by atoms with Crippen LogP contribution in [-0.4, -0.2) is 57.6 Å². The first-order valence-electron chi connectivity index (χ1n) is 8.69. The number of pyridine rings is 1. The largest absolute Gasteiger partial charge is 0.441 e. The van der Waals surface area contributed by atoms with Gasteiger partial charge in [-0.15, -0.1) is 10.2 Å². The lowest BCUT2D eigenvalue weighted by molar-refractivity contribution is -0.281. The van der Waals surface area contributed by atoms with Crippen molar-refractivity contribution in [2.24, 2.45) is 7.05 Å². The molecule has 1 aliphatic heterocycles. The van der Waals surface area contributed by atoms with E-state index in [0.717, 1.165) is 0 Å². The Morgan fingerprint density at radius 3 is 2.83 bits per heavy atom. The summed E-state index contributed by atoms with van der Waals surface area (Å²) in [5.74, 6) is -0.103. The van der Waals surface area contributed by atoms with Crippen LogP contribution in [0, 0.1) is 5.82 Å². The summed E-state index contributed by atoms with van der Waals surface area (Å²) in [5.41, 5.74) is 1.86.